The number of fused-ring (bicyclic) bond motifs is 5. The maximum atomic E-state index is 11.7. The molecule has 2 aromatic rings. The predicted molar refractivity (Wildman–Crippen MR) is 63.4 cm³/mol. The van der Waals surface area contributed by atoms with Crippen molar-refractivity contribution in [2.75, 3.05) is 5.32 Å². The van der Waals surface area contributed by atoms with Crippen LogP contribution in [0.1, 0.15) is 17.9 Å². The molecule has 1 aliphatic heterocycles. The van der Waals surface area contributed by atoms with E-state index in [0.717, 1.165) is 12.1 Å². The van der Waals surface area contributed by atoms with Crippen LogP contribution in [0.25, 0.3) is 10.8 Å². The molecule has 0 saturated heterocycles. The van der Waals surface area contributed by atoms with Gasteiger partial charge in [0.05, 0.1) is 5.69 Å². The molecule has 4 rings (SSSR count). The van der Waals surface area contributed by atoms with E-state index in [-0.39, 0.29) is 11.8 Å². The second-order valence-corrected chi connectivity index (χ2v) is 4.69. The molecular formula is C14H11NO. The van der Waals surface area contributed by atoms with Crippen molar-refractivity contribution in [3.63, 3.8) is 0 Å². The van der Waals surface area contributed by atoms with Crippen LogP contribution >= 0.6 is 0 Å². The zero-order valence-electron chi connectivity index (χ0n) is 8.73. The zero-order chi connectivity index (χ0) is 10.7. The Bertz CT molecular complexity index is 617. The zero-order valence-corrected chi connectivity index (χ0v) is 8.73. The van der Waals surface area contributed by atoms with Gasteiger partial charge in [0.15, 0.2) is 0 Å². The first-order valence-electron chi connectivity index (χ1n) is 5.67. The molecule has 2 unspecified atom stereocenters. The molecule has 78 valence electrons. The van der Waals surface area contributed by atoms with Gasteiger partial charge < -0.3 is 5.32 Å². The molecule has 0 bridgehead atoms. The Labute approximate surface area is 93.3 Å². The van der Waals surface area contributed by atoms with Gasteiger partial charge in [-0.15, -0.1) is 0 Å². The van der Waals surface area contributed by atoms with E-state index in [2.05, 4.69) is 29.6 Å². The molecule has 1 saturated carbocycles. The summed E-state index contributed by atoms with van der Waals surface area (Å²) in [5.41, 5.74) is 2.37. The molecule has 2 nitrogen and oxygen atoms in total. The fraction of sp³-hybridized carbons (Fsp3) is 0.214. The lowest BCUT2D eigenvalue weighted by Crippen LogP contribution is -2.19. The van der Waals surface area contributed by atoms with E-state index in [1.165, 1.54) is 16.3 Å². The van der Waals surface area contributed by atoms with Crippen molar-refractivity contribution in [3.8, 4) is 0 Å². The Morgan fingerprint density at radius 3 is 2.88 bits per heavy atom. The third-order valence-electron chi connectivity index (χ3n) is 3.74. The molecule has 1 amide bonds. The van der Waals surface area contributed by atoms with Crippen molar-refractivity contribution in [2.24, 2.45) is 5.92 Å². The van der Waals surface area contributed by atoms with Gasteiger partial charge in [-0.1, -0.05) is 36.4 Å². The average Bonchev–Trinajstić information content (AvgIpc) is 3.10. The van der Waals surface area contributed by atoms with Crippen LogP contribution in [0.3, 0.4) is 0 Å². The average molecular weight is 209 g/mol. The molecule has 2 heteroatoms. The Hall–Kier alpha value is -1.83. The van der Waals surface area contributed by atoms with Crippen molar-refractivity contribution < 1.29 is 4.79 Å². The maximum Gasteiger partial charge on any atom is 0.228 e. The fourth-order valence-corrected chi connectivity index (χ4v) is 2.78. The lowest BCUT2D eigenvalue weighted by atomic mass is 9.97. The normalized spacial score (nSPS) is 25.9. The Morgan fingerprint density at radius 2 is 1.94 bits per heavy atom. The number of hydrogen-bond donors (Lipinski definition) is 1. The monoisotopic (exact) mass is 209 g/mol. The second kappa shape index (κ2) is 2.64. The smallest absolute Gasteiger partial charge is 0.228 e. The first kappa shape index (κ1) is 8.34. The van der Waals surface area contributed by atoms with Crippen molar-refractivity contribution in [1.82, 2.24) is 0 Å². The van der Waals surface area contributed by atoms with Crippen LogP contribution in [0.4, 0.5) is 5.69 Å². The van der Waals surface area contributed by atoms with Gasteiger partial charge in [0.25, 0.3) is 0 Å². The highest BCUT2D eigenvalue weighted by Crippen LogP contribution is 2.54. The van der Waals surface area contributed by atoms with E-state index in [0.29, 0.717) is 5.92 Å². The highest BCUT2D eigenvalue weighted by Gasteiger charge is 2.48. The van der Waals surface area contributed by atoms with Crippen molar-refractivity contribution in [2.45, 2.75) is 12.3 Å². The SMILES string of the molecule is O=C1Nc2c(ccc3ccccc23)C2CC12. The predicted octanol–water partition coefficient (Wildman–Crippen LogP) is 2.90. The number of rotatable bonds is 0. The third kappa shape index (κ3) is 0.941. The van der Waals surface area contributed by atoms with Crippen LogP contribution in [0.5, 0.6) is 0 Å². The van der Waals surface area contributed by atoms with E-state index in [1.807, 2.05) is 12.1 Å². The molecule has 16 heavy (non-hydrogen) atoms. The molecule has 2 atom stereocenters. The summed E-state index contributed by atoms with van der Waals surface area (Å²) in [6, 6.07) is 12.5. The first-order chi connectivity index (χ1) is 7.84. The number of hydrogen-bond acceptors (Lipinski definition) is 1. The molecular weight excluding hydrogens is 198 g/mol. The molecule has 2 aromatic carbocycles. The van der Waals surface area contributed by atoms with Crippen LogP contribution in [0.2, 0.25) is 0 Å². The van der Waals surface area contributed by atoms with Crippen LogP contribution in [-0.2, 0) is 4.79 Å². The summed E-state index contributed by atoms with van der Waals surface area (Å²) in [5, 5.41) is 5.42. The molecule has 1 fully saturated rings. The molecule has 1 aliphatic carbocycles. The van der Waals surface area contributed by atoms with Crippen LogP contribution in [-0.4, -0.2) is 5.91 Å². The molecule has 0 aromatic heterocycles. The van der Waals surface area contributed by atoms with Gasteiger partial charge in [-0.2, -0.15) is 0 Å². The summed E-state index contributed by atoms with van der Waals surface area (Å²) in [6.07, 6.45) is 1.02. The number of benzene rings is 2. The largest absolute Gasteiger partial charge is 0.325 e. The summed E-state index contributed by atoms with van der Waals surface area (Å²) in [7, 11) is 0. The Balaban J connectivity index is 2.06. The fourth-order valence-electron chi connectivity index (χ4n) is 2.78. The van der Waals surface area contributed by atoms with Crippen LogP contribution in [0, 0.1) is 5.92 Å². The molecule has 0 radical (unpaired) electrons. The molecule has 1 heterocycles. The lowest BCUT2D eigenvalue weighted by Gasteiger charge is -2.18. The first-order valence-corrected chi connectivity index (χ1v) is 5.67. The van der Waals surface area contributed by atoms with Gasteiger partial charge in [-0.3, -0.25) is 4.79 Å². The molecule has 0 spiro atoms. The Morgan fingerprint density at radius 1 is 1.06 bits per heavy atom. The van der Waals surface area contributed by atoms with E-state index in [1.54, 1.807) is 0 Å². The highest BCUT2D eigenvalue weighted by atomic mass is 16.2. The number of amides is 1. The number of anilines is 1. The third-order valence-corrected chi connectivity index (χ3v) is 3.74. The highest BCUT2D eigenvalue weighted by molar-refractivity contribution is 6.08. The number of carbonyl (C=O) groups excluding carboxylic acids is 1. The number of carbonyl (C=O) groups is 1. The van der Waals surface area contributed by atoms with Crippen molar-refractivity contribution in [3.05, 3.63) is 42.0 Å². The van der Waals surface area contributed by atoms with E-state index < -0.39 is 0 Å². The van der Waals surface area contributed by atoms with Gasteiger partial charge in [-0.05, 0) is 23.3 Å². The summed E-state index contributed by atoms with van der Waals surface area (Å²) in [6.45, 7) is 0. The summed E-state index contributed by atoms with van der Waals surface area (Å²) >= 11 is 0. The van der Waals surface area contributed by atoms with E-state index >= 15 is 0 Å². The number of nitrogens with one attached hydrogen (secondary N) is 1. The van der Waals surface area contributed by atoms with Crippen LogP contribution < -0.4 is 5.32 Å². The quantitative estimate of drug-likeness (QED) is 0.710. The van der Waals surface area contributed by atoms with Crippen molar-refractivity contribution in [1.29, 1.82) is 0 Å². The van der Waals surface area contributed by atoms with Crippen molar-refractivity contribution >= 4 is 22.4 Å². The molecule has 1 N–H and O–H groups in total. The van der Waals surface area contributed by atoms with Crippen LogP contribution in [0.15, 0.2) is 36.4 Å². The van der Waals surface area contributed by atoms with Gasteiger partial charge in [0.1, 0.15) is 0 Å². The summed E-state index contributed by atoms with van der Waals surface area (Å²) < 4.78 is 0. The maximum absolute atomic E-state index is 11.7. The van der Waals surface area contributed by atoms with E-state index in [9.17, 15) is 4.79 Å². The molecule has 2 aliphatic rings. The summed E-state index contributed by atoms with van der Waals surface area (Å²) in [5.74, 6) is 0.927. The van der Waals surface area contributed by atoms with E-state index in [4.69, 9.17) is 0 Å². The van der Waals surface area contributed by atoms with Gasteiger partial charge in [-0.25, -0.2) is 0 Å². The van der Waals surface area contributed by atoms with Gasteiger partial charge >= 0.3 is 0 Å². The minimum atomic E-state index is 0.203. The Kier molecular flexibility index (Phi) is 1.38. The van der Waals surface area contributed by atoms with Gasteiger partial charge in [0.2, 0.25) is 5.91 Å². The lowest BCUT2D eigenvalue weighted by molar-refractivity contribution is -0.117. The topological polar surface area (TPSA) is 29.1 Å². The minimum Gasteiger partial charge on any atom is -0.325 e. The summed E-state index contributed by atoms with van der Waals surface area (Å²) in [4.78, 5) is 11.7. The minimum absolute atomic E-state index is 0.203. The second-order valence-electron chi connectivity index (χ2n) is 4.69. The standard InChI is InChI=1S/C14H11NO/c16-14-12-7-11(12)10-6-5-8-3-1-2-4-9(8)13(10)15-14/h1-6,11-12H,7H2,(H,15,16). The van der Waals surface area contributed by atoms with Gasteiger partial charge in [0, 0.05) is 11.3 Å².